The maximum atomic E-state index is 13.1. The van der Waals surface area contributed by atoms with Gasteiger partial charge in [0.25, 0.3) is 0 Å². The summed E-state index contributed by atoms with van der Waals surface area (Å²) < 4.78 is 0. The van der Waals surface area contributed by atoms with Crippen LogP contribution in [0, 0.1) is 5.92 Å². The number of carbonyl (C=O) groups is 2. The van der Waals surface area contributed by atoms with Crippen molar-refractivity contribution in [3.8, 4) is 0 Å². The molecule has 3 aliphatic rings. The molecular weight excluding hydrogens is 354 g/mol. The highest BCUT2D eigenvalue weighted by molar-refractivity contribution is 5.87. The van der Waals surface area contributed by atoms with Gasteiger partial charge in [0.1, 0.15) is 6.04 Å². The topological polar surface area (TPSA) is 72.9 Å². The third-order valence-corrected chi connectivity index (χ3v) is 6.88. The van der Waals surface area contributed by atoms with Gasteiger partial charge in [0.2, 0.25) is 5.91 Å². The fourth-order valence-electron chi connectivity index (χ4n) is 5.28. The van der Waals surface area contributed by atoms with E-state index in [9.17, 15) is 14.7 Å². The van der Waals surface area contributed by atoms with E-state index < -0.39 is 12.0 Å². The van der Waals surface area contributed by atoms with Crippen LogP contribution in [0.3, 0.4) is 0 Å². The second-order valence-electron chi connectivity index (χ2n) is 8.70. The number of nitrogens with one attached hydrogen (secondary N) is 1. The molecule has 2 bridgehead atoms. The number of nitrogens with zero attached hydrogens (tertiary/aromatic N) is 2. The van der Waals surface area contributed by atoms with E-state index in [4.69, 9.17) is 0 Å². The van der Waals surface area contributed by atoms with Crippen LogP contribution in [-0.2, 0) is 9.59 Å². The largest absolute Gasteiger partial charge is 0.480 e. The average molecular weight is 386 g/mol. The predicted octanol–water partition coefficient (Wildman–Crippen LogP) is 2.49. The van der Waals surface area contributed by atoms with Crippen LogP contribution in [0.2, 0.25) is 0 Å². The Kier molecular flexibility index (Phi) is 5.58. The molecule has 0 saturated carbocycles. The number of carboxylic acid groups (broad SMARTS) is 1. The van der Waals surface area contributed by atoms with Gasteiger partial charge in [-0.15, -0.1) is 0 Å². The van der Waals surface area contributed by atoms with Crippen molar-refractivity contribution in [1.29, 1.82) is 0 Å². The van der Waals surface area contributed by atoms with Gasteiger partial charge in [-0.1, -0.05) is 25.1 Å². The summed E-state index contributed by atoms with van der Waals surface area (Å²) in [4.78, 5) is 28.4. The molecule has 2 N–H and O–H groups in total. The molecule has 4 rings (SSSR count). The molecule has 152 valence electrons. The maximum Gasteiger partial charge on any atom is 0.326 e. The normalized spacial score (nSPS) is 32.2. The number of carboxylic acids is 1. The van der Waals surface area contributed by atoms with Gasteiger partial charge in [-0.2, -0.15) is 0 Å². The number of hydrogen-bond acceptors (Lipinski definition) is 4. The van der Waals surface area contributed by atoms with Crippen LogP contribution >= 0.6 is 0 Å². The van der Waals surface area contributed by atoms with Crippen LogP contribution in [0.5, 0.6) is 0 Å². The minimum absolute atomic E-state index is 0.0644. The predicted molar refractivity (Wildman–Crippen MR) is 108 cm³/mol. The molecule has 3 heterocycles. The summed E-state index contributed by atoms with van der Waals surface area (Å²) in [6.07, 6.45) is 5.85. The molecule has 1 amide bonds. The van der Waals surface area contributed by atoms with E-state index in [1.807, 2.05) is 18.2 Å². The van der Waals surface area contributed by atoms with Crippen molar-refractivity contribution in [2.24, 2.45) is 5.92 Å². The number of rotatable bonds is 5. The molecule has 3 fully saturated rings. The minimum atomic E-state index is -0.887. The molecule has 6 nitrogen and oxygen atoms in total. The number of likely N-dealkylation sites (tertiary alicyclic amines) is 1. The molecule has 3 aliphatic heterocycles. The van der Waals surface area contributed by atoms with E-state index in [1.54, 1.807) is 4.90 Å². The van der Waals surface area contributed by atoms with Gasteiger partial charge < -0.3 is 20.2 Å². The molecule has 0 spiro atoms. The lowest BCUT2D eigenvalue weighted by atomic mass is 9.78. The van der Waals surface area contributed by atoms with Gasteiger partial charge >= 0.3 is 5.97 Å². The number of hydrogen-bond donors (Lipinski definition) is 2. The molecule has 0 aliphatic carbocycles. The molecule has 28 heavy (non-hydrogen) atoms. The Morgan fingerprint density at radius 1 is 1.18 bits per heavy atom. The summed E-state index contributed by atoms with van der Waals surface area (Å²) in [7, 11) is 0. The third kappa shape index (κ3) is 3.88. The fourth-order valence-corrected chi connectivity index (χ4v) is 5.28. The zero-order valence-electron chi connectivity index (χ0n) is 16.6. The highest BCUT2D eigenvalue weighted by Gasteiger charge is 2.39. The van der Waals surface area contributed by atoms with E-state index >= 15 is 0 Å². The Balaban J connectivity index is 1.55. The first kappa shape index (κ1) is 19.2. The molecule has 3 saturated heterocycles. The number of benzene rings is 1. The Labute approximate surface area is 166 Å². The van der Waals surface area contributed by atoms with Gasteiger partial charge in [0.15, 0.2) is 0 Å². The van der Waals surface area contributed by atoms with Crippen LogP contribution < -0.4 is 10.2 Å². The molecule has 0 aromatic heterocycles. The van der Waals surface area contributed by atoms with E-state index in [0.29, 0.717) is 37.0 Å². The van der Waals surface area contributed by atoms with Crippen molar-refractivity contribution >= 4 is 17.6 Å². The highest BCUT2D eigenvalue weighted by Crippen LogP contribution is 2.34. The Morgan fingerprint density at radius 3 is 2.71 bits per heavy atom. The summed E-state index contributed by atoms with van der Waals surface area (Å²) in [5.74, 6) is -0.296. The van der Waals surface area contributed by atoms with Crippen molar-refractivity contribution in [1.82, 2.24) is 10.2 Å². The van der Waals surface area contributed by atoms with E-state index in [1.165, 1.54) is 12.8 Å². The number of aliphatic carboxylic acids is 1. The molecule has 5 atom stereocenters. The van der Waals surface area contributed by atoms with E-state index in [0.717, 1.165) is 24.9 Å². The standard InChI is InChI=1S/C22H31N3O3/c1-15-9-10-16-12-18(13-19(15)23-16)25(17-6-3-2-4-7-17)14-21(26)24-11-5-8-20(24)22(27)28/h2-4,6-7,15-16,18-20,23H,5,8-14H2,1H3,(H,27,28)/t15-,16+,18-,19?,20+/m1/s1. The summed E-state index contributed by atoms with van der Waals surface area (Å²) in [5.41, 5.74) is 1.06. The number of para-hydroxylation sites is 1. The number of anilines is 1. The number of amides is 1. The SMILES string of the molecule is C[C@@H]1CC[C@H]2C[C@@H](N(CC(=O)N3CCC[C@H]3C(=O)O)c3ccccc3)CC1N2. The third-order valence-electron chi connectivity index (χ3n) is 6.88. The zero-order valence-corrected chi connectivity index (χ0v) is 16.6. The quantitative estimate of drug-likeness (QED) is 0.815. The molecular formula is C22H31N3O3. The van der Waals surface area contributed by atoms with Crippen LogP contribution in [0.4, 0.5) is 5.69 Å². The zero-order chi connectivity index (χ0) is 19.7. The van der Waals surface area contributed by atoms with Crippen molar-refractivity contribution in [2.45, 2.75) is 69.6 Å². The van der Waals surface area contributed by atoms with E-state index in [2.05, 4.69) is 29.3 Å². The molecule has 1 aromatic carbocycles. The van der Waals surface area contributed by atoms with Crippen LogP contribution in [0.25, 0.3) is 0 Å². The van der Waals surface area contributed by atoms with Crippen LogP contribution in [0.1, 0.15) is 45.4 Å². The smallest absolute Gasteiger partial charge is 0.326 e. The second kappa shape index (κ2) is 8.11. The first-order valence-corrected chi connectivity index (χ1v) is 10.6. The van der Waals surface area contributed by atoms with Gasteiger partial charge in [0.05, 0.1) is 6.54 Å². The number of piperidine rings is 2. The van der Waals surface area contributed by atoms with Crippen LogP contribution in [-0.4, -0.2) is 59.1 Å². The summed E-state index contributed by atoms with van der Waals surface area (Å²) >= 11 is 0. The van der Waals surface area contributed by atoms with Crippen molar-refractivity contribution in [3.05, 3.63) is 30.3 Å². The molecule has 6 heteroatoms. The monoisotopic (exact) mass is 385 g/mol. The van der Waals surface area contributed by atoms with E-state index in [-0.39, 0.29) is 12.5 Å². The minimum Gasteiger partial charge on any atom is -0.480 e. The summed E-state index contributed by atoms with van der Waals surface area (Å²) in [5, 5.41) is 13.2. The van der Waals surface area contributed by atoms with Crippen molar-refractivity contribution in [2.75, 3.05) is 18.0 Å². The highest BCUT2D eigenvalue weighted by atomic mass is 16.4. The Bertz CT molecular complexity index is 710. The van der Waals surface area contributed by atoms with Gasteiger partial charge in [-0.25, -0.2) is 4.79 Å². The van der Waals surface area contributed by atoms with Crippen molar-refractivity contribution < 1.29 is 14.7 Å². The van der Waals surface area contributed by atoms with Gasteiger partial charge in [0, 0.05) is 30.4 Å². The Hall–Kier alpha value is -2.08. The lowest BCUT2D eigenvalue weighted by Gasteiger charge is -2.47. The van der Waals surface area contributed by atoms with Gasteiger partial charge in [-0.05, 0) is 56.6 Å². The lowest BCUT2D eigenvalue weighted by molar-refractivity contribution is -0.147. The Morgan fingerprint density at radius 2 is 1.96 bits per heavy atom. The molecule has 0 radical (unpaired) electrons. The first-order valence-electron chi connectivity index (χ1n) is 10.6. The first-order chi connectivity index (χ1) is 13.5. The number of carbonyl (C=O) groups excluding carboxylic acids is 1. The maximum absolute atomic E-state index is 13.1. The summed E-state index contributed by atoms with van der Waals surface area (Å²) in [6, 6.07) is 10.8. The van der Waals surface area contributed by atoms with Crippen LogP contribution in [0.15, 0.2) is 30.3 Å². The lowest BCUT2D eigenvalue weighted by Crippen LogP contribution is -2.58. The van der Waals surface area contributed by atoms with Crippen molar-refractivity contribution in [3.63, 3.8) is 0 Å². The summed E-state index contributed by atoms with van der Waals surface area (Å²) in [6.45, 7) is 3.12. The number of fused-ring (bicyclic) bond motifs is 2. The second-order valence-corrected chi connectivity index (χ2v) is 8.70. The molecule has 1 aromatic rings. The molecule has 1 unspecified atom stereocenters. The fraction of sp³-hybridized carbons (Fsp3) is 0.636. The average Bonchev–Trinajstić information content (AvgIpc) is 3.20. The van der Waals surface area contributed by atoms with Gasteiger partial charge in [-0.3, -0.25) is 4.79 Å².